The van der Waals surface area contributed by atoms with Crippen molar-refractivity contribution in [2.45, 2.75) is 213 Å². The van der Waals surface area contributed by atoms with E-state index in [1.165, 1.54) is 141 Å². The second-order valence-electron chi connectivity index (χ2n) is 15.5. The van der Waals surface area contributed by atoms with Crippen molar-refractivity contribution < 1.29 is 14.1 Å². The molecular formula is C45H88N3O2+. The molecule has 5 heteroatoms. The van der Waals surface area contributed by atoms with Crippen LogP contribution in [0.5, 0.6) is 0 Å². The van der Waals surface area contributed by atoms with E-state index in [4.69, 9.17) is 0 Å². The van der Waals surface area contributed by atoms with Gasteiger partial charge in [-0.1, -0.05) is 141 Å². The molecule has 0 rings (SSSR count). The van der Waals surface area contributed by atoms with Gasteiger partial charge in [-0.3, -0.25) is 9.59 Å². The van der Waals surface area contributed by atoms with Gasteiger partial charge in [-0.15, -0.1) is 0 Å². The molecule has 0 aliphatic heterocycles. The Bertz CT molecular complexity index is 733. The van der Waals surface area contributed by atoms with E-state index in [1.807, 2.05) is 0 Å². The largest absolute Gasteiger partial charge is 0.356 e. The Morgan fingerprint density at radius 3 is 1.04 bits per heavy atom. The van der Waals surface area contributed by atoms with Gasteiger partial charge in [0, 0.05) is 38.8 Å². The first kappa shape index (κ1) is 48.4. The van der Waals surface area contributed by atoms with Gasteiger partial charge in [-0.05, 0) is 71.1 Å². The van der Waals surface area contributed by atoms with Crippen LogP contribution in [0.4, 0.5) is 0 Å². The van der Waals surface area contributed by atoms with Crippen LogP contribution in [0.2, 0.25) is 0 Å². The van der Waals surface area contributed by atoms with E-state index < -0.39 is 0 Å². The Balaban J connectivity index is 3.62. The molecule has 0 saturated heterocycles. The van der Waals surface area contributed by atoms with Crippen LogP contribution in [0.15, 0.2) is 24.3 Å². The normalized spacial score (nSPS) is 12.0. The van der Waals surface area contributed by atoms with E-state index in [2.05, 4.69) is 62.8 Å². The van der Waals surface area contributed by atoms with E-state index >= 15 is 0 Å². The van der Waals surface area contributed by atoms with E-state index in [0.29, 0.717) is 12.8 Å². The lowest BCUT2D eigenvalue weighted by Gasteiger charge is -2.33. The fourth-order valence-corrected chi connectivity index (χ4v) is 6.69. The molecule has 0 aromatic rings. The minimum Gasteiger partial charge on any atom is -0.356 e. The van der Waals surface area contributed by atoms with Crippen molar-refractivity contribution in [2.75, 3.05) is 39.8 Å². The molecule has 0 unspecified atom stereocenters. The van der Waals surface area contributed by atoms with Gasteiger partial charge in [0.25, 0.3) is 0 Å². The minimum absolute atomic E-state index is 0.210. The van der Waals surface area contributed by atoms with Crippen LogP contribution in [0.1, 0.15) is 213 Å². The zero-order chi connectivity index (χ0) is 36.6. The molecule has 0 spiro atoms. The number of amides is 2. The Kier molecular flexibility index (Phi) is 37.4. The van der Waals surface area contributed by atoms with Gasteiger partial charge in [-0.2, -0.15) is 0 Å². The van der Waals surface area contributed by atoms with Crippen molar-refractivity contribution in [3.63, 3.8) is 0 Å². The van der Waals surface area contributed by atoms with Gasteiger partial charge < -0.3 is 15.1 Å². The van der Waals surface area contributed by atoms with Crippen LogP contribution in [0.3, 0.4) is 0 Å². The average Bonchev–Trinajstić information content (AvgIpc) is 3.12. The van der Waals surface area contributed by atoms with Crippen molar-refractivity contribution in [1.29, 1.82) is 0 Å². The Morgan fingerprint density at radius 2 is 0.720 bits per heavy atom. The smallest absolute Gasteiger partial charge is 0.219 e. The molecule has 50 heavy (non-hydrogen) atoms. The molecule has 2 amide bonds. The van der Waals surface area contributed by atoms with Crippen LogP contribution in [-0.4, -0.2) is 56.1 Å². The van der Waals surface area contributed by atoms with Gasteiger partial charge in [0.2, 0.25) is 11.8 Å². The summed E-state index contributed by atoms with van der Waals surface area (Å²) in [6, 6.07) is 0. The van der Waals surface area contributed by atoms with Crippen LogP contribution >= 0.6 is 0 Å². The third kappa shape index (κ3) is 36.2. The summed E-state index contributed by atoms with van der Waals surface area (Å²) in [5.74, 6) is 0.421. The van der Waals surface area contributed by atoms with E-state index in [0.717, 1.165) is 75.7 Å². The van der Waals surface area contributed by atoms with Gasteiger partial charge in [0.05, 0.1) is 26.7 Å². The Morgan fingerprint density at radius 1 is 0.420 bits per heavy atom. The molecule has 0 aliphatic carbocycles. The number of nitrogens with one attached hydrogen (secondary N) is 2. The predicted molar refractivity (Wildman–Crippen MR) is 221 cm³/mol. The van der Waals surface area contributed by atoms with Crippen LogP contribution in [0.25, 0.3) is 0 Å². The van der Waals surface area contributed by atoms with Crippen molar-refractivity contribution in [3.05, 3.63) is 24.3 Å². The number of hydrogen-bond acceptors (Lipinski definition) is 2. The van der Waals surface area contributed by atoms with Gasteiger partial charge >= 0.3 is 0 Å². The van der Waals surface area contributed by atoms with Gasteiger partial charge in [0.15, 0.2) is 0 Å². The lowest BCUT2D eigenvalue weighted by atomic mass is 10.1. The zero-order valence-corrected chi connectivity index (χ0v) is 34.3. The molecule has 5 nitrogen and oxygen atoms in total. The van der Waals surface area contributed by atoms with E-state index in [9.17, 15) is 9.59 Å². The molecular weight excluding hydrogens is 615 g/mol. The second-order valence-corrected chi connectivity index (χ2v) is 15.5. The van der Waals surface area contributed by atoms with Crippen molar-refractivity contribution in [1.82, 2.24) is 10.6 Å². The fourth-order valence-electron chi connectivity index (χ4n) is 6.69. The third-order valence-electron chi connectivity index (χ3n) is 10.5. The molecule has 0 heterocycles. The highest BCUT2D eigenvalue weighted by Gasteiger charge is 2.18. The first-order chi connectivity index (χ1) is 24.5. The average molecular weight is 703 g/mol. The highest BCUT2D eigenvalue weighted by atomic mass is 16.2. The maximum Gasteiger partial charge on any atom is 0.219 e. The molecule has 0 aromatic heterocycles. The van der Waals surface area contributed by atoms with Crippen LogP contribution < -0.4 is 10.6 Å². The number of unbranched alkanes of at least 4 members (excludes halogenated alkanes) is 22. The first-order valence-electron chi connectivity index (χ1n) is 22.1. The molecule has 0 atom stereocenters. The molecule has 294 valence electrons. The molecule has 0 fully saturated rings. The fraction of sp³-hybridized carbons (Fsp3) is 0.867. The predicted octanol–water partition coefficient (Wildman–Crippen LogP) is 12.5. The minimum atomic E-state index is 0.210. The van der Waals surface area contributed by atoms with Crippen LogP contribution in [0, 0.1) is 0 Å². The quantitative estimate of drug-likeness (QED) is 0.0380. The number of nitrogens with zero attached hydrogens (tertiary/aromatic N) is 1. The highest BCUT2D eigenvalue weighted by molar-refractivity contribution is 5.76. The Labute approximate surface area is 313 Å². The van der Waals surface area contributed by atoms with Crippen molar-refractivity contribution in [2.24, 2.45) is 0 Å². The van der Waals surface area contributed by atoms with Crippen molar-refractivity contribution in [3.8, 4) is 0 Å². The maximum absolute atomic E-state index is 12.3. The summed E-state index contributed by atoms with van der Waals surface area (Å²) >= 11 is 0. The number of quaternary nitrogens is 1. The molecule has 2 N–H and O–H groups in total. The molecule has 0 aliphatic rings. The first-order valence-corrected chi connectivity index (χ1v) is 22.1. The van der Waals surface area contributed by atoms with Crippen LogP contribution in [-0.2, 0) is 9.59 Å². The molecule has 0 saturated carbocycles. The number of carbonyl (C=O) groups excluding carboxylic acids is 2. The van der Waals surface area contributed by atoms with E-state index in [-0.39, 0.29) is 11.8 Å². The third-order valence-corrected chi connectivity index (χ3v) is 10.5. The topological polar surface area (TPSA) is 58.2 Å². The maximum atomic E-state index is 12.3. The molecule has 0 radical (unpaired) electrons. The molecule has 0 bridgehead atoms. The Hall–Kier alpha value is -1.62. The number of carbonyl (C=O) groups is 2. The summed E-state index contributed by atoms with van der Waals surface area (Å²) in [6.45, 7) is 11.5. The monoisotopic (exact) mass is 703 g/mol. The lowest BCUT2D eigenvalue weighted by Crippen LogP contribution is -2.47. The summed E-state index contributed by atoms with van der Waals surface area (Å²) in [7, 11) is 2.31. The standard InChI is InChI=1S/C45H87N3O2/c1-5-8-10-12-14-16-18-20-22-24-26-28-30-32-34-38-44(49)46-40-36-42-48(4,7-3)43-37-41-47-45(50)39-35-33-31-29-27-25-23-21-19-17-15-13-11-9-6-2/h20-23H,5-19,24-43H2,1-4H3,(H-,46,47,49,50)/p+1/b22-20-,23-21-. The SMILES string of the molecule is CCCCCCCC/C=C\CCCCCCCC(=O)NCCC[N+](C)(CC)CCCNC(=O)CCCCCCC/C=C\CCCCCCCC. The molecule has 0 aromatic carbocycles. The summed E-state index contributed by atoms with van der Waals surface area (Å²) in [5, 5.41) is 6.29. The van der Waals surface area contributed by atoms with Crippen molar-refractivity contribution >= 4 is 11.8 Å². The number of hydrogen-bond donors (Lipinski definition) is 2. The van der Waals surface area contributed by atoms with Gasteiger partial charge in [-0.25, -0.2) is 0 Å². The summed E-state index contributed by atoms with van der Waals surface area (Å²) in [4.78, 5) is 24.6. The number of allylic oxidation sites excluding steroid dienone is 4. The van der Waals surface area contributed by atoms with Gasteiger partial charge in [0.1, 0.15) is 0 Å². The summed E-state index contributed by atoms with van der Waals surface area (Å²) < 4.78 is 0.994. The summed E-state index contributed by atoms with van der Waals surface area (Å²) in [5.41, 5.74) is 0. The summed E-state index contributed by atoms with van der Waals surface area (Å²) in [6.07, 6.45) is 46.2. The highest BCUT2D eigenvalue weighted by Crippen LogP contribution is 2.12. The lowest BCUT2D eigenvalue weighted by molar-refractivity contribution is -0.908. The number of rotatable bonds is 39. The van der Waals surface area contributed by atoms with E-state index in [1.54, 1.807) is 0 Å². The zero-order valence-electron chi connectivity index (χ0n) is 34.3. The second kappa shape index (κ2) is 38.6.